The standard InChI is InChI=1S/C14H18BrN3O/c1-9(16)3-6-14-17-8-12(18-14)11-7-10(15)4-5-13(11)19-2/h4-5,7-9H,3,6,16H2,1-2H3,(H,17,18). The highest BCUT2D eigenvalue weighted by molar-refractivity contribution is 9.10. The molecule has 5 heteroatoms. The topological polar surface area (TPSA) is 63.9 Å². The van der Waals surface area contributed by atoms with Crippen LogP contribution in [0, 0.1) is 0 Å². The summed E-state index contributed by atoms with van der Waals surface area (Å²) in [6, 6.07) is 6.09. The zero-order valence-corrected chi connectivity index (χ0v) is 12.7. The lowest BCUT2D eigenvalue weighted by Gasteiger charge is -2.07. The van der Waals surface area contributed by atoms with E-state index in [4.69, 9.17) is 10.5 Å². The fourth-order valence-corrected chi connectivity index (χ4v) is 2.24. The molecule has 0 saturated carbocycles. The van der Waals surface area contributed by atoms with Crippen molar-refractivity contribution in [1.82, 2.24) is 9.97 Å². The lowest BCUT2D eigenvalue weighted by Crippen LogP contribution is -2.15. The molecule has 1 heterocycles. The molecule has 0 aliphatic carbocycles. The smallest absolute Gasteiger partial charge is 0.128 e. The van der Waals surface area contributed by atoms with Crippen molar-refractivity contribution in [3.8, 4) is 17.0 Å². The van der Waals surface area contributed by atoms with Crippen molar-refractivity contribution in [1.29, 1.82) is 0 Å². The molecule has 2 aromatic rings. The molecule has 1 atom stereocenters. The number of hydrogen-bond donors (Lipinski definition) is 2. The second-order valence-electron chi connectivity index (χ2n) is 4.60. The van der Waals surface area contributed by atoms with Gasteiger partial charge in [0, 0.05) is 22.5 Å². The molecule has 0 saturated heterocycles. The van der Waals surface area contributed by atoms with Crippen LogP contribution in [0.4, 0.5) is 0 Å². The van der Waals surface area contributed by atoms with Crippen LogP contribution in [0.25, 0.3) is 11.3 Å². The highest BCUT2D eigenvalue weighted by Crippen LogP contribution is 2.31. The average Bonchev–Trinajstić information content (AvgIpc) is 2.85. The van der Waals surface area contributed by atoms with Crippen LogP contribution >= 0.6 is 15.9 Å². The summed E-state index contributed by atoms with van der Waals surface area (Å²) in [4.78, 5) is 7.71. The van der Waals surface area contributed by atoms with E-state index < -0.39 is 0 Å². The summed E-state index contributed by atoms with van der Waals surface area (Å²) in [6.45, 7) is 2.00. The van der Waals surface area contributed by atoms with E-state index in [2.05, 4.69) is 25.9 Å². The molecule has 0 aliphatic heterocycles. The van der Waals surface area contributed by atoms with E-state index in [-0.39, 0.29) is 6.04 Å². The Morgan fingerprint density at radius 2 is 2.26 bits per heavy atom. The molecule has 0 radical (unpaired) electrons. The Morgan fingerprint density at radius 3 is 2.95 bits per heavy atom. The number of methoxy groups -OCH3 is 1. The van der Waals surface area contributed by atoms with Gasteiger partial charge in [0.05, 0.1) is 19.0 Å². The maximum absolute atomic E-state index is 5.76. The third kappa shape index (κ3) is 3.58. The maximum atomic E-state index is 5.76. The van der Waals surface area contributed by atoms with E-state index in [0.29, 0.717) is 0 Å². The average molecular weight is 324 g/mol. The fourth-order valence-electron chi connectivity index (χ4n) is 1.88. The van der Waals surface area contributed by atoms with Crippen molar-refractivity contribution in [2.75, 3.05) is 7.11 Å². The normalized spacial score (nSPS) is 12.4. The maximum Gasteiger partial charge on any atom is 0.128 e. The number of aromatic nitrogens is 2. The van der Waals surface area contributed by atoms with Crippen LogP contribution in [0.15, 0.2) is 28.9 Å². The lowest BCUT2D eigenvalue weighted by atomic mass is 10.1. The van der Waals surface area contributed by atoms with Crippen LogP contribution in [0.1, 0.15) is 19.2 Å². The highest BCUT2D eigenvalue weighted by Gasteiger charge is 2.10. The van der Waals surface area contributed by atoms with E-state index in [1.165, 1.54) is 0 Å². The summed E-state index contributed by atoms with van der Waals surface area (Å²) < 4.78 is 6.38. The minimum Gasteiger partial charge on any atom is -0.496 e. The molecule has 0 spiro atoms. The third-order valence-corrected chi connectivity index (χ3v) is 3.41. The van der Waals surface area contributed by atoms with Gasteiger partial charge in [-0.05, 0) is 31.5 Å². The Morgan fingerprint density at radius 1 is 1.47 bits per heavy atom. The van der Waals surface area contributed by atoms with Crippen molar-refractivity contribution in [2.24, 2.45) is 5.73 Å². The van der Waals surface area contributed by atoms with Gasteiger partial charge in [-0.25, -0.2) is 4.98 Å². The summed E-state index contributed by atoms with van der Waals surface area (Å²) in [6.07, 6.45) is 3.61. The summed E-state index contributed by atoms with van der Waals surface area (Å²) in [5, 5.41) is 0. The zero-order chi connectivity index (χ0) is 13.8. The SMILES string of the molecule is COc1ccc(Br)cc1-c1cnc(CCC(C)N)[nH]1. The molecule has 0 fully saturated rings. The lowest BCUT2D eigenvalue weighted by molar-refractivity contribution is 0.416. The molecule has 0 aliphatic rings. The van der Waals surface area contributed by atoms with Crippen LogP contribution in [-0.2, 0) is 6.42 Å². The summed E-state index contributed by atoms with van der Waals surface area (Å²) >= 11 is 3.47. The van der Waals surface area contributed by atoms with Crippen molar-refractivity contribution in [3.05, 3.63) is 34.7 Å². The second-order valence-corrected chi connectivity index (χ2v) is 5.52. The first-order valence-corrected chi connectivity index (χ1v) is 7.03. The van der Waals surface area contributed by atoms with Gasteiger partial charge in [-0.2, -0.15) is 0 Å². The highest BCUT2D eigenvalue weighted by atomic mass is 79.9. The molecular weight excluding hydrogens is 306 g/mol. The second kappa shape index (κ2) is 6.21. The summed E-state index contributed by atoms with van der Waals surface area (Å²) in [5.74, 6) is 1.78. The van der Waals surface area contributed by atoms with E-state index in [1.54, 1.807) is 7.11 Å². The first kappa shape index (κ1) is 14.1. The van der Waals surface area contributed by atoms with Crippen molar-refractivity contribution in [2.45, 2.75) is 25.8 Å². The zero-order valence-electron chi connectivity index (χ0n) is 11.1. The Balaban J connectivity index is 2.24. The number of aryl methyl sites for hydroxylation is 1. The largest absolute Gasteiger partial charge is 0.496 e. The fraction of sp³-hybridized carbons (Fsp3) is 0.357. The number of H-pyrrole nitrogens is 1. The summed E-state index contributed by atoms with van der Waals surface area (Å²) in [5.41, 5.74) is 7.71. The Labute approximate surface area is 121 Å². The number of nitrogens with zero attached hydrogens (tertiary/aromatic N) is 1. The van der Waals surface area contributed by atoms with Gasteiger partial charge in [0.15, 0.2) is 0 Å². The Kier molecular flexibility index (Phi) is 4.61. The molecule has 102 valence electrons. The van der Waals surface area contributed by atoms with E-state index in [0.717, 1.165) is 40.1 Å². The quantitative estimate of drug-likeness (QED) is 0.888. The number of nitrogens with one attached hydrogen (secondary N) is 1. The van der Waals surface area contributed by atoms with E-state index in [1.807, 2.05) is 31.3 Å². The van der Waals surface area contributed by atoms with Gasteiger partial charge in [-0.1, -0.05) is 15.9 Å². The molecule has 0 amide bonds. The monoisotopic (exact) mass is 323 g/mol. The van der Waals surface area contributed by atoms with E-state index >= 15 is 0 Å². The first-order valence-electron chi connectivity index (χ1n) is 6.23. The molecule has 4 nitrogen and oxygen atoms in total. The van der Waals surface area contributed by atoms with Gasteiger partial charge in [-0.3, -0.25) is 0 Å². The minimum atomic E-state index is 0.189. The molecule has 2 rings (SSSR count). The van der Waals surface area contributed by atoms with Gasteiger partial charge in [0.25, 0.3) is 0 Å². The summed E-state index contributed by atoms with van der Waals surface area (Å²) in [7, 11) is 1.67. The van der Waals surface area contributed by atoms with Crippen molar-refractivity contribution in [3.63, 3.8) is 0 Å². The van der Waals surface area contributed by atoms with Crippen LogP contribution in [0.5, 0.6) is 5.75 Å². The number of halogens is 1. The predicted octanol–water partition coefficient (Wildman–Crippen LogP) is 3.13. The third-order valence-electron chi connectivity index (χ3n) is 2.92. The number of hydrogen-bond acceptors (Lipinski definition) is 3. The van der Waals surface area contributed by atoms with Crippen LogP contribution in [0.3, 0.4) is 0 Å². The van der Waals surface area contributed by atoms with Gasteiger partial charge in [-0.15, -0.1) is 0 Å². The number of imidazole rings is 1. The molecule has 0 bridgehead atoms. The number of benzene rings is 1. The van der Waals surface area contributed by atoms with Crippen molar-refractivity contribution < 1.29 is 4.74 Å². The molecule has 3 N–H and O–H groups in total. The van der Waals surface area contributed by atoms with Crippen LogP contribution in [-0.4, -0.2) is 23.1 Å². The van der Waals surface area contributed by atoms with Crippen LogP contribution in [0.2, 0.25) is 0 Å². The molecule has 1 aromatic carbocycles. The van der Waals surface area contributed by atoms with Crippen molar-refractivity contribution >= 4 is 15.9 Å². The van der Waals surface area contributed by atoms with Gasteiger partial charge < -0.3 is 15.5 Å². The Hall–Kier alpha value is -1.33. The van der Waals surface area contributed by atoms with Gasteiger partial charge >= 0.3 is 0 Å². The predicted molar refractivity (Wildman–Crippen MR) is 80.2 cm³/mol. The number of aromatic amines is 1. The van der Waals surface area contributed by atoms with Crippen LogP contribution < -0.4 is 10.5 Å². The number of rotatable bonds is 5. The number of ether oxygens (including phenoxy) is 1. The molecule has 1 unspecified atom stereocenters. The van der Waals surface area contributed by atoms with E-state index in [9.17, 15) is 0 Å². The molecule has 1 aromatic heterocycles. The van der Waals surface area contributed by atoms with Gasteiger partial charge in [0.2, 0.25) is 0 Å². The number of nitrogens with two attached hydrogens (primary N) is 1. The molecular formula is C14H18BrN3O. The van der Waals surface area contributed by atoms with Gasteiger partial charge in [0.1, 0.15) is 11.6 Å². The minimum absolute atomic E-state index is 0.189. The Bertz CT molecular complexity index is 551. The first-order chi connectivity index (χ1) is 9.10. The molecule has 19 heavy (non-hydrogen) atoms.